The number of hydrogen-bond acceptors (Lipinski definition) is 5. The number of nitrogens with zero attached hydrogens (tertiary/aromatic N) is 2. The maximum Gasteiger partial charge on any atom is 0.271 e. The molecule has 0 atom stereocenters. The molecule has 0 spiro atoms. The van der Waals surface area contributed by atoms with Gasteiger partial charge in [0.25, 0.3) is 11.8 Å². The van der Waals surface area contributed by atoms with Crippen molar-refractivity contribution in [3.05, 3.63) is 62.9 Å². The van der Waals surface area contributed by atoms with Crippen LogP contribution in [-0.4, -0.2) is 35.0 Å². The van der Waals surface area contributed by atoms with E-state index in [9.17, 15) is 14.9 Å². The van der Waals surface area contributed by atoms with Gasteiger partial charge in [-0.25, -0.2) is 0 Å². The van der Waals surface area contributed by atoms with E-state index >= 15 is 0 Å². The van der Waals surface area contributed by atoms with Crippen molar-refractivity contribution in [3.63, 3.8) is 0 Å². The smallest absolute Gasteiger partial charge is 0.271 e. The van der Waals surface area contributed by atoms with E-state index in [-0.39, 0.29) is 23.3 Å². The van der Waals surface area contributed by atoms with Crippen molar-refractivity contribution in [1.82, 2.24) is 4.90 Å². The monoisotopic (exact) mass is 416 g/mol. The van der Waals surface area contributed by atoms with Crippen molar-refractivity contribution in [1.29, 1.82) is 5.26 Å². The number of benzene rings is 1. The molecular weight excluding hydrogens is 403 g/mol. The summed E-state index contributed by atoms with van der Waals surface area (Å²) < 4.78 is 5.77. The third-order valence-corrected chi connectivity index (χ3v) is 5.10. The highest BCUT2D eigenvalue weighted by atomic mass is 35.5. The van der Waals surface area contributed by atoms with Gasteiger partial charge in [0.1, 0.15) is 23.2 Å². The third-order valence-electron chi connectivity index (χ3n) is 4.28. The highest BCUT2D eigenvalue weighted by Crippen LogP contribution is 2.35. The second kappa shape index (κ2) is 8.03. The summed E-state index contributed by atoms with van der Waals surface area (Å²) in [6.07, 6.45) is 1.45. The number of carbonyl (C=O) groups is 2. The number of imide groups is 1. The number of amides is 2. The zero-order chi connectivity index (χ0) is 20.4. The van der Waals surface area contributed by atoms with E-state index in [2.05, 4.69) is 0 Å². The molecule has 2 heterocycles. The molecule has 1 N–H and O–H groups in total. The Hall–Kier alpha value is -2.85. The molecule has 28 heavy (non-hydrogen) atoms. The standard InChI is InChI=1S/C20H14Cl2N2O4/c1-11-14(19(26)24(7-8-25)20(27)15(11)10-23)9-12-5-6-17(28-12)13-3-2-4-16(21)18(13)22/h2-6,9,25H,7-8H2,1H3/b14-9+. The Morgan fingerprint density at radius 1 is 1.21 bits per heavy atom. The molecule has 0 unspecified atom stereocenters. The van der Waals surface area contributed by atoms with E-state index in [1.807, 2.05) is 6.07 Å². The molecule has 1 aromatic carbocycles. The summed E-state index contributed by atoms with van der Waals surface area (Å²) in [5.74, 6) is -0.534. The second-order valence-corrected chi connectivity index (χ2v) is 6.74. The SMILES string of the molecule is CC1=C(C#N)C(=O)N(CCO)C(=O)/C1=C/c1ccc(-c2cccc(Cl)c2Cl)o1. The summed E-state index contributed by atoms with van der Waals surface area (Å²) in [7, 11) is 0. The van der Waals surface area contributed by atoms with Gasteiger partial charge in [0.15, 0.2) is 0 Å². The topological polar surface area (TPSA) is 94.5 Å². The molecular formula is C20H14Cl2N2O4. The summed E-state index contributed by atoms with van der Waals surface area (Å²) in [6, 6.07) is 10.3. The first-order valence-electron chi connectivity index (χ1n) is 8.23. The number of rotatable bonds is 4. The van der Waals surface area contributed by atoms with E-state index in [4.69, 9.17) is 32.7 Å². The van der Waals surface area contributed by atoms with E-state index in [1.165, 1.54) is 13.0 Å². The van der Waals surface area contributed by atoms with Crippen molar-refractivity contribution in [2.45, 2.75) is 6.92 Å². The van der Waals surface area contributed by atoms with Gasteiger partial charge in [0, 0.05) is 11.1 Å². The minimum absolute atomic E-state index is 0.141. The lowest BCUT2D eigenvalue weighted by molar-refractivity contribution is -0.140. The molecule has 0 bridgehead atoms. The maximum atomic E-state index is 12.7. The highest BCUT2D eigenvalue weighted by molar-refractivity contribution is 6.43. The fourth-order valence-electron chi connectivity index (χ4n) is 2.84. The van der Waals surface area contributed by atoms with Crippen LogP contribution in [0.5, 0.6) is 0 Å². The summed E-state index contributed by atoms with van der Waals surface area (Å²) in [5, 5.41) is 19.1. The first-order chi connectivity index (χ1) is 13.4. The fourth-order valence-corrected chi connectivity index (χ4v) is 3.24. The van der Waals surface area contributed by atoms with Crippen LogP contribution < -0.4 is 0 Å². The predicted octanol–water partition coefficient (Wildman–Crippen LogP) is 3.84. The molecule has 2 aromatic rings. The van der Waals surface area contributed by atoms with Crippen LogP contribution in [0.3, 0.4) is 0 Å². The Kier molecular flexibility index (Phi) is 5.71. The normalized spacial score (nSPS) is 16.1. The summed E-state index contributed by atoms with van der Waals surface area (Å²) in [6.45, 7) is 0.920. The van der Waals surface area contributed by atoms with Crippen molar-refractivity contribution in [3.8, 4) is 17.4 Å². The van der Waals surface area contributed by atoms with E-state index in [1.54, 1.807) is 30.3 Å². The summed E-state index contributed by atoms with van der Waals surface area (Å²) >= 11 is 12.2. The van der Waals surface area contributed by atoms with Gasteiger partial charge in [-0.3, -0.25) is 14.5 Å². The van der Waals surface area contributed by atoms with Crippen LogP contribution in [-0.2, 0) is 9.59 Å². The highest BCUT2D eigenvalue weighted by Gasteiger charge is 2.35. The number of carbonyl (C=O) groups excluding carboxylic acids is 2. The number of β-amino-alcohol motifs (C(OH)–C–C–N with tert-alkyl or cyclic N) is 1. The molecule has 0 saturated heterocycles. The number of nitriles is 1. The van der Waals surface area contributed by atoms with Gasteiger partial charge in [0.05, 0.1) is 23.2 Å². The lowest BCUT2D eigenvalue weighted by Crippen LogP contribution is -2.44. The number of hydrogen-bond donors (Lipinski definition) is 1. The van der Waals surface area contributed by atoms with Crippen LogP contribution in [0, 0.1) is 11.3 Å². The van der Waals surface area contributed by atoms with Gasteiger partial charge in [-0.15, -0.1) is 0 Å². The Morgan fingerprint density at radius 2 is 1.96 bits per heavy atom. The average Bonchev–Trinajstić information content (AvgIpc) is 3.13. The minimum atomic E-state index is -0.720. The van der Waals surface area contributed by atoms with Crippen molar-refractivity contribution in [2.75, 3.05) is 13.2 Å². The van der Waals surface area contributed by atoms with Gasteiger partial charge in [-0.1, -0.05) is 29.3 Å². The maximum absolute atomic E-state index is 12.7. The van der Waals surface area contributed by atoms with E-state index in [0.29, 0.717) is 27.1 Å². The van der Waals surface area contributed by atoms with Crippen molar-refractivity contribution in [2.24, 2.45) is 0 Å². The molecule has 8 heteroatoms. The van der Waals surface area contributed by atoms with Gasteiger partial charge < -0.3 is 9.52 Å². The average molecular weight is 417 g/mol. The van der Waals surface area contributed by atoms with Crippen LogP contribution in [0.15, 0.2) is 51.5 Å². The molecule has 2 amide bonds. The quantitative estimate of drug-likeness (QED) is 0.603. The Balaban J connectivity index is 2.05. The molecule has 0 fully saturated rings. The number of halogens is 2. The van der Waals surface area contributed by atoms with E-state index < -0.39 is 18.4 Å². The van der Waals surface area contributed by atoms with Crippen molar-refractivity contribution < 1.29 is 19.1 Å². The van der Waals surface area contributed by atoms with Gasteiger partial charge >= 0.3 is 0 Å². The molecule has 142 valence electrons. The van der Waals surface area contributed by atoms with Crippen LogP contribution in [0.1, 0.15) is 12.7 Å². The molecule has 0 radical (unpaired) electrons. The Morgan fingerprint density at radius 3 is 2.64 bits per heavy atom. The van der Waals surface area contributed by atoms with Crippen LogP contribution in [0.25, 0.3) is 17.4 Å². The Labute approximate surface area is 170 Å². The second-order valence-electron chi connectivity index (χ2n) is 5.96. The molecule has 0 saturated carbocycles. The zero-order valence-electron chi connectivity index (χ0n) is 14.7. The lowest BCUT2D eigenvalue weighted by Gasteiger charge is -2.26. The first kappa shape index (κ1) is 19.9. The molecule has 6 nitrogen and oxygen atoms in total. The van der Waals surface area contributed by atoms with Gasteiger partial charge in [0.2, 0.25) is 0 Å². The minimum Gasteiger partial charge on any atom is -0.457 e. The summed E-state index contributed by atoms with van der Waals surface area (Å²) in [5.41, 5.74) is 0.841. The fraction of sp³-hybridized carbons (Fsp3) is 0.150. The third kappa shape index (κ3) is 3.48. The van der Waals surface area contributed by atoms with Gasteiger partial charge in [-0.05, 0) is 42.8 Å². The molecule has 3 rings (SSSR count). The van der Waals surface area contributed by atoms with Crippen LogP contribution >= 0.6 is 23.2 Å². The number of aliphatic hydroxyl groups excluding tert-OH is 1. The number of furan rings is 1. The molecule has 1 aliphatic rings. The van der Waals surface area contributed by atoms with Crippen molar-refractivity contribution >= 4 is 41.1 Å². The van der Waals surface area contributed by atoms with Gasteiger partial charge in [-0.2, -0.15) is 5.26 Å². The van der Waals surface area contributed by atoms with Crippen LogP contribution in [0.2, 0.25) is 10.0 Å². The largest absolute Gasteiger partial charge is 0.457 e. The molecule has 1 aromatic heterocycles. The first-order valence-corrected chi connectivity index (χ1v) is 8.99. The summed E-state index contributed by atoms with van der Waals surface area (Å²) in [4.78, 5) is 25.8. The molecule has 1 aliphatic heterocycles. The molecule has 0 aliphatic carbocycles. The van der Waals surface area contributed by atoms with Crippen LogP contribution in [0.4, 0.5) is 0 Å². The number of aliphatic hydroxyl groups is 1. The lowest BCUT2D eigenvalue weighted by atomic mass is 9.95. The zero-order valence-corrected chi connectivity index (χ0v) is 16.2. The predicted molar refractivity (Wildman–Crippen MR) is 104 cm³/mol. The van der Waals surface area contributed by atoms with E-state index in [0.717, 1.165) is 4.90 Å². The Bertz CT molecular complexity index is 1080.